The van der Waals surface area contributed by atoms with Gasteiger partial charge in [0.25, 0.3) is 0 Å². The van der Waals surface area contributed by atoms with Gasteiger partial charge in [-0.1, -0.05) is 37.9 Å². The van der Waals surface area contributed by atoms with Gasteiger partial charge >= 0.3 is 5.97 Å². The number of carbonyl (C=O) groups excluding carboxylic acids is 2. The Morgan fingerprint density at radius 1 is 1.40 bits per heavy atom. The zero-order valence-corrected chi connectivity index (χ0v) is 15.6. The molecule has 1 unspecified atom stereocenters. The Balaban J connectivity index is 2.62. The van der Waals surface area contributed by atoms with E-state index in [0.29, 0.717) is 35.1 Å². The lowest BCUT2D eigenvalue weighted by atomic mass is 9.89. The van der Waals surface area contributed by atoms with E-state index < -0.39 is 11.9 Å². The normalized spacial score (nSPS) is 14.4. The van der Waals surface area contributed by atoms with Crippen molar-refractivity contribution in [2.24, 2.45) is 0 Å². The van der Waals surface area contributed by atoms with Crippen LogP contribution in [0.5, 0.6) is 0 Å². The molecule has 0 saturated heterocycles. The predicted octanol–water partition coefficient (Wildman–Crippen LogP) is 3.81. The van der Waals surface area contributed by atoms with Gasteiger partial charge in [-0.05, 0) is 30.5 Å². The molecule has 1 aliphatic rings. The third-order valence-corrected chi connectivity index (χ3v) is 4.33. The fourth-order valence-corrected chi connectivity index (χ4v) is 3.05. The Morgan fingerprint density at radius 2 is 2.16 bits per heavy atom. The van der Waals surface area contributed by atoms with E-state index in [9.17, 15) is 9.59 Å². The lowest BCUT2D eigenvalue weighted by Crippen LogP contribution is -2.25. The third kappa shape index (κ3) is 4.15. The number of hydrogen-bond donors (Lipinski definition) is 0. The minimum Gasteiger partial charge on any atom is -0.490 e. The second-order valence-corrected chi connectivity index (χ2v) is 6.24. The summed E-state index contributed by atoms with van der Waals surface area (Å²) in [4.78, 5) is 23.7. The number of ether oxygens (including phenoxy) is 2. The van der Waals surface area contributed by atoms with Gasteiger partial charge < -0.3 is 14.3 Å². The SMILES string of the molecule is CCCCOC1=C(C(=O)OCC)[N]Cc2ccc(Cl)c(C(C)C=O)c21. The highest BCUT2D eigenvalue weighted by molar-refractivity contribution is 6.32. The van der Waals surface area contributed by atoms with Crippen LogP contribution in [0.1, 0.15) is 56.2 Å². The fourth-order valence-electron chi connectivity index (χ4n) is 2.72. The van der Waals surface area contributed by atoms with Crippen LogP contribution in [0.15, 0.2) is 17.8 Å². The zero-order valence-electron chi connectivity index (χ0n) is 14.8. The molecular weight excluding hydrogens is 342 g/mol. The van der Waals surface area contributed by atoms with Gasteiger partial charge in [0.1, 0.15) is 6.29 Å². The first-order valence-electron chi connectivity index (χ1n) is 8.53. The molecule has 1 radical (unpaired) electrons. The summed E-state index contributed by atoms with van der Waals surface area (Å²) < 4.78 is 11.0. The molecule has 5 nitrogen and oxygen atoms in total. The molecule has 0 amide bonds. The molecule has 6 heteroatoms. The number of esters is 1. The van der Waals surface area contributed by atoms with E-state index in [1.807, 2.05) is 6.07 Å². The number of carbonyl (C=O) groups is 2. The minimum absolute atomic E-state index is 0.159. The van der Waals surface area contributed by atoms with Crippen molar-refractivity contribution in [1.29, 1.82) is 0 Å². The van der Waals surface area contributed by atoms with E-state index in [0.717, 1.165) is 24.7 Å². The molecule has 0 saturated carbocycles. The molecule has 1 aromatic carbocycles. The van der Waals surface area contributed by atoms with Crippen LogP contribution in [-0.2, 0) is 25.6 Å². The molecule has 1 atom stereocenters. The van der Waals surface area contributed by atoms with Crippen LogP contribution in [-0.4, -0.2) is 25.5 Å². The Kier molecular flexibility index (Phi) is 6.88. The second-order valence-electron chi connectivity index (χ2n) is 5.84. The van der Waals surface area contributed by atoms with Gasteiger partial charge in [0.2, 0.25) is 0 Å². The van der Waals surface area contributed by atoms with Gasteiger partial charge in [-0.25, -0.2) is 4.79 Å². The van der Waals surface area contributed by atoms with Crippen LogP contribution in [0, 0.1) is 0 Å². The van der Waals surface area contributed by atoms with Crippen LogP contribution < -0.4 is 5.32 Å². The number of halogens is 1. The van der Waals surface area contributed by atoms with Crippen molar-refractivity contribution >= 4 is 29.6 Å². The highest BCUT2D eigenvalue weighted by Crippen LogP contribution is 2.38. The molecule has 0 spiro atoms. The van der Waals surface area contributed by atoms with Crippen LogP contribution in [0.3, 0.4) is 0 Å². The van der Waals surface area contributed by atoms with Gasteiger partial charge in [0, 0.05) is 16.5 Å². The highest BCUT2D eigenvalue weighted by atomic mass is 35.5. The van der Waals surface area contributed by atoms with Crippen LogP contribution in [0.25, 0.3) is 5.76 Å². The number of aldehydes is 1. The van der Waals surface area contributed by atoms with Crippen LogP contribution in [0.2, 0.25) is 5.02 Å². The summed E-state index contributed by atoms with van der Waals surface area (Å²) in [6.07, 6.45) is 2.63. The van der Waals surface area contributed by atoms with E-state index in [4.69, 9.17) is 21.1 Å². The maximum Gasteiger partial charge on any atom is 0.360 e. The molecule has 0 aromatic heterocycles. The average Bonchev–Trinajstić information content (AvgIpc) is 2.61. The summed E-state index contributed by atoms with van der Waals surface area (Å²) in [5.74, 6) is -0.586. The Hall–Kier alpha value is -2.01. The molecule has 0 fully saturated rings. The number of hydrogen-bond acceptors (Lipinski definition) is 4. The summed E-state index contributed by atoms with van der Waals surface area (Å²) in [6.45, 7) is 6.59. The Morgan fingerprint density at radius 3 is 2.80 bits per heavy atom. The van der Waals surface area contributed by atoms with Crippen molar-refractivity contribution in [2.45, 2.75) is 46.1 Å². The Labute approximate surface area is 153 Å². The first kappa shape index (κ1) is 19.3. The van der Waals surface area contributed by atoms with Gasteiger partial charge in [0.15, 0.2) is 11.5 Å². The highest BCUT2D eigenvalue weighted by Gasteiger charge is 2.31. The molecule has 0 bridgehead atoms. The van der Waals surface area contributed by atoms with Crippen molar-refractivity contribution in [2.75, 3.05) is 13.2 Å². The topological polar surface area (TPSA) is 66.7 Å². The lowest BCUT2D eigenvalue weighted by Gasteiger charge is -2.26. The number of fused-ring (bicyclic) bond motifs is 1. The quantitative estimate of drug-likeness (QED) is 0.399. The molecule has 0 aliphatic carbocycles. The monoisotopic (exact) mass is 364 g/mol. The van der Waals surface area contributed by atoms with Crippen molar-refractivity contribution in [3.05, 3.63) is 39.5 Å². The molecular formula is C19H23ClNO4. The van der Waals surface area contributed by atoms with Gasteiger partial charge in [0.05, 0.1) is 19.8 Å². The smallest absolute Gasteiger partial charge is 0.360 e. The number of unbranched alkanes of at least 4 members (excludes halogenated alkanes) is 1. The molecule has 135 valence electrons. The van der Waals surface area contributed by atoms with Crippen molar-refractivity contribution in [1.82, 2.24) is 5.32 Å². The molecule has 2 rings (SSSR count). The van der Waals surface area contributed by atoms with Gasteiger partial charge in [-0.2, -0.15) is 0 Å². The molecule has 0 N–H and O–H groups in total. The fraction of sp³-hybridized carbons (Fsp3) is 0.474. The number of nitrogens with zero attached hydrogens (tertiary/aromatic N) is 1. The van der Waals surface area contributed by atoms with Crippen molar-refractivity contribution in [3.8, 4) is 0 Å². The predicted molar refractivity (Wildman–Crippen MR) is 96.2 cm³/mol. The third-order valence-electron chi connectivity index (χ3n) is 4.00. The van der Waals surface area contributed by atoms with Crippen molar-refractivity contribution < 1.29 is 19.1 Å². The molecule has 1 heterocycles. The standard InChI is InChI=1S/C19H23ClNO4/c1-4-6-9-25-18-16-13(10-21-17(18)19(23)24-5-2)7-8-14(20)15(16)12(3)11-22/h7-8,11-12H,4-6,9-10H2,1-3H3. The van der Waals surface area contributed by atoms with Crippen molar-refractivity contribution in [3.63, 3.8) is 0 Å². The van der Waals surface area contributed by atoms with E-state index >= 15 is 0 Å². The second kappa shape index (κ2) is 8.90. The number of benzene rings is 1. The largest absolute Gasteiger partial charge is 0.490 e. The van der Waals surface area contributed by atoms with E-state index in [1.165, 1.54) is 0 Å². The maximum atomic E-state index is 12.3. The van der Waals surface area contributed by atoms with Gasteiger partial charge in [-0.3, -0.25) is 5.32 Å². The maximum absolute atomic E-state index is 12.3. The molecule has 25 heavy (non-hydrogen) atoms. The summed E-state index contributed by atoms with van der Waals surface area (Å²) in [5, 5.41) is 4.83. The van der Waals surface area contributed by atoms with Crippen LogP contribution >= 0.6 is 11.6 Å². The summed E-state index contributed by atoms with van der Waals surface area (Å²) in [6, 6.07) is 3.61. The summed E-state index contributed by atoms with van der Waals surface area (Å²) >= 11 is 6.37. The number of rotatable bonds is 8. The Bertz CT molecular complexity index is 684. The average molecular weight is 365 g/mol. The molecule has 1 aliphatic heterocycles. The lowest BCUT2D eigenvalue weighted by molar-refractivity contribution is -0.139. The minimum atomic E-state index is -0.524. The van der Waals surface area contributed by atoms with E-state index in [-0.39, 0.29) is 12.3 Å². The first-order valence-corrected chi connectivity index (χ1v) is 8.91. The molecule has 1 aromatic rings. The van der Waals surface area contributed by atoms with E-state index in [1.54, 1.807) is 19.9 Å². The van der Waals surface area contributed by atoms with Gasteiger partial charge in [-0.15, -0.1) is 0 Å². The van der Waals surface area contributed by atoms with Crippen LogP contribution in [0.4, 0.5) is 0 Å². The summed E-state index contributed by atoms with van der Waals surface area (Å²) in [5.41, 5.74) is 2.40. The van der Waals surface area contributed by atoms with E-state index in [2.05, 4.69) is 12.2 Å². The first-order chi connectivity index (χ1) is 12.0. The zero-order chi connectivity index (χ0) is 18.4. The summed E-state index contributed by atoms with van der Waals surface area (Å²) in [7, 11) is 0.